The van der Waals surface area contributed by atoms with Gasteiger partial charge in [-0.1, -0.05) is 26.0 Å². The lowest BCUT2D eigenvalue weighted by Crippen LogP contribution is -1.99. The van der Waals surface area contributed by atoms with Gasteiger partial charge in [-0.2, -0.15) is 0 Å². The molecule has 0 atom stereocenters. The van der Waals surface area contributed by atoms with Gasteiger partial charge in [0.25, 0.3) is 0 Å². The zero-order chi connectivity index (χ0) is 12.4. The van der Waals surface area contributed by atoms with Crippen LogP contribution in [0.15, 0.2) is 24.3 Å². The highest BCUT2D eigenvalue weighted by Crippen LogP contribution is 2.31. The van der Waals surface area contributed by atoms with Gasteiger partial charge in [0.05, 0.1) is 5.69 Å². The van der Waals surface area contributed by atoms with Crippen LogP contribution in [0.4, 0.5) is 4.39 Å². The van der Waals surface area contributed by atoms with E-state index in [9.17, 15) is 4.39 Å². The molecule has 1 aromatic carbocycles. The van der Waals surface area contributed by atoms with Crippen LogP contribution in [0, 0.1) is 5.82 Å². The van der Waals surface area contributed by atoms with Crippen LogP contribution in [0.25, 0.3) is 10.6 Å². The molecule has 17 heavy (non-hydrogen) atoms. The van der Waals surface area contributed by atoms with E-state index in [-0.39, 0.29) is 5.82 Å². The fourth-order valence-corrected chi connectivity index (χ4v) is 2.80. The molecule has 0 aliphatic carbocycles. The number of hydrogen-bond acceptors (Lipinski definition) is 3. The maximum absolute atomic E-state index is 13.2. The molecule has 0 saturated carbocycles. The standard InChI is InChI=1S/C13H15FN2S/c1-8(2)12-11(7-15)17-13(16-12)9-4-3-5-10(14)6-9/h3-6,8H,7,15H2,1-2H3. The Kier molecular flexibility index (Phi) is 3.54. The van der Waals surface area contributed by atoms with Crippen LogP contribution in [0.3, 0.4) is 0 Å². The Hall–Kier alpha value is -1.26. The predicted molar refractivity (Wildman–Crippen MR) is 69.5 cm³/mol. The number of halogens is 1. The molecule has 1 heterocycles. The van der Waals surface area contributed by atoms with Crippen LogP contribution in [-0.4, -0.2) is 4.98 Å². The van der Waals surface area contributed by atoms with Crippen molar-refractivity contribution in [3.63, 3.8) is 0 Å². The molecule has 2 rings (SSSR count). The van der Waals surface area contributed by atoms with E-state index in [1.54, 1.807) is 17.4 Å². The molecule has 0 aliphatic rings. The summed E-state index contributed by atoms with van der Waals surface area (Å²) in [7, 11) is 0. The minimum absolute atomic E-state index is 0.238. The quantitative estimate of drug-likeness (QED) is 0.905. The Morgan fingerprint density at radius 2 is 2.18 bits per heavy atom. The summed E-state index contributed by atoms with van der Waals surface area (Å²) in [5, 5.41) is 0.841. The number of hydrogen-bond donors (Lipinski definition) is 1. The largest absolute Gasteiger partial charge is 0.326 e. The second kappa shape index (κ2) is 4.94. The maximum atomic E-state index is 13.2. The fraction of sp³-hybridized carbons (Fsp3) is 0.308. The Balaban J connectivity index is 2.46. The highest BCUT2D eigenvalue weighted by atomic mass is 32.1. The van der Waals surface area contributed by atoms with E-state index in [2.05, 4.69) is 18.8 Å². The SMILES string of the molecule is CC(C)c1nc(-c2cccc(F)c2)sc1CN. The van der Waals surface area contributed by atoms with E-state index in [0.29, 0.717) is 12.5 Å². The topological polar surface area (TPSA) is 38.9 Å². The number of thiazole rings is 1. The van der Waals surface area contributed by atoms with Crippen LogP contribution in [0.5, 0.6) is 0 Å². The van der Waals surface area contributed by atoms with Gasteiger partial charge in [-0.3, -0.25) is 0 Å². The molecular weight excluding hydrogens is 235 g/mol. The molecule has 0 radical (unpaired) electrons. The third-order valence-electron chi connectivity index (χ3n) is 2.53. The molecule has 0 spiro atoms. The van der Waals surface area contributed by atoms with Crippen molar-refractivity contribution >= 4 is 11.3 Å². The van der Waals surface area contributed by atoms with Crippen LogP contribution in [0.2, 0.25) is 0 Å². The van der Waals surface area contributed by atoms with Crippen molar-refractivity contribution in [2.45, 2.75) is 26.3 Å². The molecule has 1 aromatic heterocycles. The van der Waals surface area contributed by atoms with Crippen molar-refractivity contribution in [1.82, 2.24) is 4.98 Å². The minimum atomic E-state index is -0.238. The first kappa shape index (κ1) is 12.2. The first-order chi connectivity index (χ1) is 8.11. The first-order valence-corrected chi connectivity index (χ1v) is 6.39. The average Bonchev–Trinajstić information content (AvgIpc) is 2.73. The molecular formula is C13H15FN2S. The lowest BCUT2D eigenvalue weighted by molar-refractivity contribution is 0.628. The summed E-state index contributed by atoms with van der Waals surface area (Å²) in [4.78, 5) is 5.65. The number of nitrogens with zero attached hydrogens (tertiary/aromatic N) is 1. The molecule has 0 aliphatic heterocycles. The van der Waals surface area contributed by atoms with Crippen molar-refractivity contribution in [1.29, 1.82) is 0 Å². The lowest BCUT2D eigenvalue weighted by Gasteiger charge is -2.01. The second-order valence-corrected chi connectivity index (χ2v) is 5.28. The third kappa shape index (κ3) is 2.53. The average molecular weight is 250 g/mol. The number of rotatable bonds is 3. The molecule has 2 nitrogen and oxygen atoms in total. The highest BCUT2D eigenvalue weighted by Gasteiger charge is 2.14. The molecule has 4 heteroatoms. The van der Waals surface area contributed by atoms with E-state index in [0.717, 1.165) is 21.1 Å². The maximum Gasteiger partial charge on any atom is 0.124 e. The molecule has 90 valence electrons. The van der Waals surface area contributed by atoms with E-state index in [1.807, 2.05) is 6.07 Å². The lowest BCUT2D eigenvalue weighted by atomic mass is 10.1. The van der Waals surface area contributed by atoms with Crippen LogP contribution in [-0.2, 0) is 6.54 Å². The Labute approximate surface area is 104 Å². The fourth-order valence-electron chi connectivity index (χ4n) is 1.71. The smallest absolute Gasteiger partial charge is 0.124 e. The van der Waals surface area contributed by atoms with Crippen LogP contribution in [0.1, 0.15) is 30.3 Å². The Morgan fingerprint density at radius 1 is 1.41 bits per heavy atom. The molecule has 0 saturated heterocycles. The minimum Gasteiger partial charge on any atom is -0.326 e. The van der Waals surface area contributed by atoms with Gasteiger partial charge < -0.3 is 5.73 Å². The number of aromatic nitrogens is 1. The highest BCUT2D eigenvalue weighted by molar-refractivity contribution is 7.15. The van der Waals surface area contributed by atoms with Gasteiger partial charge in [-0.05, 0) is 18.1 Å². The van der Waals surface area contributed by atoms with E-state index < -0.39 is 0 Å². The summed E-state index contributed by atoms with van der Waals surface area (Å²) >= 11 is 1.55. The summed E-state index contributed by atoms with van der Waals surface area (Å²) < 4.78 is 13.2. The Morgan fingerprint density at radius 3 is 2.71 bits per heavy atom. The van der Waals surface area contributed by atoms with Crippen molar-refractivity contribution in [3.05, 3.63) is 40.7 Å². The monoisotopic (exact) mass is 250 g/mol. The third-order valence-corrected chi connectivity index (χ3v) is 3.67. The van der Waals surface area contributed by atoms with Crippen molar-refractivity contribution in [2.24, 2.45) is 5.73 Å². The molecule has 0 fully saturated rings. The number of benzene rings is 1. The van der Waals surface area contributed by atoms with Gasteiger partial charge in [-0.25, -0.2) is 9.37 Å². The van der Waals surface area contributed by atoms with Crippen LogP contribution >= 0.6 is 11.3 Å². The predicted octanol–water partition coefficient (Wildman–Crippen LogP) is 3.53. The van der Waals surface area contributed by atoms with Crippen LogP contribution < -0.4 is 5.73 Å². The zero-order valence-electron chi connectivity index (χ0n) is 9.90. The van der Waals surface area contributed by atoms with Gasteiger partial charge >= 0.3 is 0 Å². The Bertz CT molecular complexity index is 520. The summed E-state index contributed by atoms with van der Waals surface area (Å²) in [6.45, 7) is 4.66. The summed E-state index contributed by atoms with van der Waals surface area (Å²) in [6.07, 6.45) is 0. The molecule has 0 amide bonds. The van der Waals surface area contributed by atoms with Gasteiger partial charge in [-0.15, -0.1) is 11.3 Å². The van der Waals surface area contributed by atoms with E-state index in [1.165, 1.54) is 12.1 Å². The van der Waals surface area contributed by atoms with Gasteiger partial charge in [0.1, 0.15) is 10.8 Å². The van der Waals surface area contributed by atoms with Gasteiger partial charge in [0.2, 0.25) is 0 Å². The van der Waals surface area contributed by atoms with Gasteiger partial charge in [0, 0.05) is 17.0 Å². The molecule has 2 N–H and O–H groups in total. The van der Waals surface area contributed by atoms with E-state index >= 15 is 0 Å². The van der Waals surface area contributed by atoms with Gasteiger partial charge in [0.15, 0.2) is 0 Å². The number of nitrogens with two attached hydrogens (primary N) is 1. The molecule has 2 aromatic rings. The molecule has 0 unspecified atom stereocenters. The summed E-state index contributed by atoms with van der Waals surface area (Å²) in [5.74, 6) is 0.102. The van der Waals surface area contributed by atoms with Crippen molar-refractivity contribution in [3.8, 4) is 10.6 Å². The normalized spacial score (nSPS) is 11.1. The summed E-state index contributed by atoms with van der Waals surface area (Å²) in [6, 6.07) is 6.50. The van der Waals surface area contributed by atoms with Crippen molar-refractivity contribution < 1.29 is 4.39 Å². The summed E-state index contributed by atoms with van der Waals surface area (Å²) in [5.41, 5.74) is 7.55. The first-order valence-electron chi connectivity index (χ1n) is 5.57. The second-order valence-electron chi connectivity index (χ2n) is 4.20. The van der Waals surface area contributed by atoms with Crippen molar-refractivity contribution in [2.75, 3.05) is 0 Å². The molecule has 0 bridgehead atoms. The zero-order valence-corrected chi connectivity index (χ0v) is 10.7. The van der Waals surface area contributed by atoms with E-state index in [4.69, 9.17) is 5.73 Å².